The Morgan fingerprint density at radius 2 is 1.74 bits per heavy atom. The Morgan fingerprint density at radius 3 is 2.42 bits per heavy atom. The van der Waals surface area contributed by atoms with Crippen molar-refractivity contribution in [2.75, 3.05) is 23.7 Å². The zero-order chi connectivity index (χ0) is 13.3. The van der Waals surface area contributed by atoms with Crippen LogP contribution in [0.15, 0.2) is 6.33 Å². The van der Waals surface area contributed by atoms with E-state index in [-0.39, 0.29) is 0 Å². The molecule has 0 atom stereocenters. The van der Waals surface area contributed by atoms with Crippen molar-refractivity contribution in [2.45, 2.75) is 44.9 Å². The molecule has 1 aliphatic heterocycles. The lowest BCUT2D eigenvalue weighted by Crippen LogP contribution is -2.41. The molecule has 1 aliphatic carbocycles. The summed E-state index contributed by atoms with van der Waals surface area (Å²) >= 11 is 5.97. The second-order valence-corrected chi connectivity index (χ2v) is 6.31. The molecule has 5 heteroatoms. The van der Waals surface area contributed by atoms with Gasteiger partial charge in [0.05, 0.1) is 0 Å². The first-order valence-electron chi connectivity index (χ1n) is 7.21. The fraction of sp³-hybridized carbons (Fsp3) is 0.714. The summed E-state index contributed by atoms with van der Waals surface area (Å²) in [7, 11) is 0. The Bertz CT molecular complexity index is 447. The van der Waals surface area contributed by atoms with Crippen LogP contribution in [0.1, 0.15) is 44.9 Å². The fourth-order valence-corrected chi connectivity index (χ4v) is 3.74. The molecular formula is C14H21ClN4. The Balaban J connectivity index is 1.71. The number of nitrogen functional groups attached to an aromatic ring is 1. The van der Waals surface area contributed by atoms with E-state index in [1.165, 1.54) is 51.3 Å². The molecule has 4 nitrogen and oxygen atoms in total. The Labute approximate surface area is 119 Å². The molecule has 2 aliphatic rings. The lowest BCUT2D eigenvalue weighted by molar-refractivity contribution is 0.144. The first-order valence-corrected chi connectivity index (χ1v) is 7.59. The number of nitrogens with zero attached hydrogens (tertiary/aromatic N) is 3. The number of piperidine rings is 1. The van der Waals surface area contributed by atoms with E-state index in [1.54, 1.807) is 0 Å². The summed E-state index contributed by atoms with van der Waals surface area (Å²) < 4.78 is 0. The molecule has 3 rings (SSSR count). The van der Waals surface area contributed by atoms with Gasteiger partial charge in [0.25, 0.3) is 0 Å². The smallest absolute Gasteiger partial charge is 0.157 e. The average molecular weight is 281 g/mol. The molecule has 2 heterocycles. The molecular weight excluding hydrogens is 260 g/mol. The quantitative estimate of drug-likeness (QED) is 0.802. The van der Waals surface area contributed by atoms with Gasteiger partial charge < -0.3 is 10.6 Å². The van der Waals surface area contributed by atoms with Crippen LogP contribution in [0.5, 0.6) is 0 Å². The third-order valence-corrected chi connectivity index (χ3v) is 5.15. The lowest BCUT2D eigenvalue weighted by atomic mass is 9.68. The highest BCUT2D eigenvalue weighted by atomic mass is 35.5. The van der Waals surface area contributed by atoms with E-state index in [2.05, 4.69) is 14.9 Å². The van der Waals surface area contributed by atoms with E-state index in [1.807, 2.05) is 0 Å². The summed E-state index contributed by atoms with van der Waals surface area (Å²) in [5.41, 5.74) is 7.10. The van der Waals surface area contributed by atoms with E-state index in [0.717, 1.165) is 18.9 Å². The fourth-order valence-electron chi connectivity index (χ4n) is 3.61. The van der Waals surface area contributed by atoms with Crippen LogP contribution < -0.4 is 10.6 Å². The molecule has 19 heavy (non-hydrogen) atoms. The van der Waals surface area contributed by atoms with Crippen molar-refractivity contribution in [3.05, 3.63) is 11.5 Å². The van der Waals surface area contributed by atoms with Gasteiger partial charge in [0.1, 0.15) is 12.0 Å². The van der Waals surface area contributed by atoms with Gasteiger partial charge in [-0.3, -0.25) is 0 Å². The molecule has 2 fully saturated rings. The average Bonchev–Trinajstić information content (AvgIpc) is 2.44. The van der Waals surface area contributed by atoms with Crippen molar-refractivity contribution in [2.24, 2.45) is 5.41 Å². The summed E-state index contributed by atoms with van der Waals surface area (Å²) in [5, 5.41) is 0.364. The van der Waals surface area contributed by atoms with Crippen molar-refractivity contribution in [1.29, 1.82) is 0 Å². The zero-order valence-electron chi connectivity index (χ0n) is 11.2. The highest BCUT2D eigenvalue weighted by Crippen LogP contribution is 2.45. The number of rotatable bonds is 1. The molecule has 0 unspecified atom stereocenters. The first-order chi connectivity index (χ1) is 9.20. The van der Waals surface area contributed by atoms with E-state index < -0.39 is 0 Å². The van der Waals surface area contributed by atoms with Gasteiger partial charge in [-0.05, 0) is 31.1 Å². The largest absolute Gasteiger partial charge is 0.393 e. The van der Waals surface area contributed by atoms with Crippen molar-refractivity contribution in [3.63, 3.8) is 0 Å². The van der Waals surface area contributed by atoms with Gasteiger partial charge in [0.2, 0.25) is 0 Å². The molecule has 1 aromatic heterocycles. The second kappa shape index (κ2) is 5.16. The highest BCUT2D eigenvalue weighted by Gasteiger charge is 2.36. The van der Waals surface area contributed by atoms with Crippen LogP contribution in [0.4, 0.5) is 11.5 Å². The van der Waals surface area contributed by atoms with Crippen LogP contribution >= 0.6 is 11.6 Å². The first kappa shape index (κ1) is 13.0. The minimum absolute atomic E-state index is 0.364. The van der Waals surface area contributed by atoms with Crippen molar-refractivity contribution >= 4 is 23.1 Å². The number of nitrogens with two attached hydrogens (primary N) is 1. The van der Waals surface area contributed by atoms with Gasteiger partial charge in [-0.1, -0.05) is 30.9 Å². The van der Waals surface area contributed by atoms with Gasteiger partial charge in [0, 0.05) is 13.1 Å². The molecule has 0 radical (unpaired) electrons. The predicted molar refractivity (Wildman–Crippen MR) is 78.4 cm³/mol. The number of halogens is 1. The molecule has 1 spiro atoms. The summed E-state index contributed by atoms with van der Waals surface area (Å²) in [5.74, 6) is 0.811. The standard InChI is InChI=1S/C14H21ClN4/c15-12-11(16)13(18-10-17-12)19-8-6-14(7-9-19)4-2-1-3-5-14/h10H,1-9,16H2. The van der Waals surface area contributed by atoms with E-state index in [9.17, 15) is 0 Å². The van der Waals surface area contributed by atoms with Gasteiger partial charge >= 0.3 is 0 Å². The third-order valence-electron chi connectivity index (χ3n) is 4.85. The molecule has 104 valence electrons. The molecule has 0 aromatic carbocycles. The number of aromatic nitrogens is 2. The Morgan fingerprint density at radius 1 is 1.05 bits per heavy atom. The van der Waals surface area contributed by atoms with Crippen molar-refractivity contribution < 1.29 is 0 Å². The second-order valence-electron chi connectivity index (χ2n) is 5.95. The molecule has 0 bridgehead atoms. The van der Waals surface area contributed by atoms with Crippen LogP contribution in [0.2, 0.25) is 5.15 Å². The van der Waals surface area contributed by atoms with Crippen LogP contribution in [-0.2, 0) is 0 Å². The minimum Gasteiger partial charge on any atom is -0.393 e. The zero-order valence-corrected chi connectivity index (χ0v) is 12.0. The third kappa shape index (κ3) is 2.50. The van der Waals surface area contributed by atoms with E-state index in [0.29, 0.717) is 16.3 Å². The summed E-state index contributed by atoms with van der Waals surface area (Å²) in [6.07, 6.45) is 11.0. The molecule has 1 saturated carbocycles. The molecule has 1 aromatic rings. The SMILES string of the molecule is Nc1c(Cl)ncnc1N1CCC2(CCCCC2)CC1. The monoisotopic (exact) mass is 280 g/mol. The van der Waals surface area contributed by atoms with Crippen molar-refractivity contribution in [1.82, 2.24) is 9.97 Å². The van der Waals surface area contributed by atoms with Gasteiger partial charge in [-0.15, -0.1) is 0 Å². The maximum atomic E-state index is 5.98. The van der Waals surface area contributed by atoms with Crippen LogP contribution in [0, 0.1) is 5.41 Å². The molecule has 2 N–H and O–H groups in total. The summed E-state index contributed by atoms with van der Waals surface area (Å²) in [4.78, 5) is 10.5. The van der Waals surface area contributed by atoms with Gasteiger partial charge in [-0.25, -0.2) is 9.97 Å². The van der Waals surface area contributed by atoms with E-state index >= 15 is 0 Å². The summed E-state index contributed by atoms with van der Waals surface area (Å²) in [6, 6.07) is 0. The van der Waals surface area contributed by atoms with Gasteiger partial charge in [0.15, 0.2) is 11.0 Å². The normalized spacial score (nSPS) is 22.7. The lowest BCUT2D eigenvalue weighted by Gasteiger charge is -2.44. The highest BCUT2D eigenvalue weighted by molar-refractivity contribution is 6.32. The maximum Gasteiger partial charge on any atom is 0.157 e. The number of hydrogen-bond acceptors (Lipinski definition) is 4. The van der Waals surface area contributed by atoms with Crippen molar-refractivity contribution in [3.8, 4) is 0 Å². The van der Waals surface area contributed by atoms with Crippen LogP contribution in [-0.4, -0.2) is 23.1 Å². The molecule has 1 saturated heterocycles. The topological polar surface area (TPSA) is 55.0 Å². The summed E-state index contributed by atoms with van der Waals surface area (Å²) in [6.45, 7) is 2.08. The predicted octanol–water partition coefficient (Wildman–Crippen LogP) is 3.26. The Kier molecular flexibility index (Phi) is 3.52. The van der Waals surface area contributed by atoms with Crippen LogP contribution in [0.3, 0.4) is 0 Å². The number of anilines is 2. The van der Waals surface area contributed by atoms with E-state index in [4.69, 9.17) is 17.3 Å². The minimum atomic E-state index is 0.364. The maximum absolute atomic E-state index is 5.98. The Hall–Kier alpha value is -1.03. The van der Waals surface area contributed by atoms with Crippen LogP contribution in [0.25, 0.3) is 0 Å². The number of hydrogen-bond donors (Lipinski definition) is 1. The molecule has 0 amide bonds. The van der Waals surface area contributed by atoms with Gasteiger partial charge in [-0.2, -0.15) is 0 Å².